The molecule has 1 amide bonds. The SMILES string of the molecule is Cc1ccc(S(=O)(=O)N(C)c2nc(N[C@@H](Cc3ccc(OC(=O)N(C)C)cc3)C(=O)O)nc(N(C)CCc3ccccc3)n2)cc1. The molecule has 1 aromatic heterocycles. The van der Waals surface area contributed by atoms with Gasteiger partial charge in [-0.1, -0.05) is 60.2 Å². The van der Waals surface area contributed by atoms with E-state index < -0.39 is 28.1 Å². The quantitative estimate of drug-likeness (QED) is 0.217. The lowest BCUT2D eigenvalue weighted by atomic mass is 10.1. The van der Waals surface area contributed by atoms with Crippen molar-refractivity contribution in [2.75, 3.05) is 49.3 Å². The molecule has 0 spiro atoms. The maximum atomic E-state index is 13.5. The van der Waals surface area contributed by atoms with Gasteiger partial charge in [-0.25, -0.2) is 22.3 Å². The molecule has 1 heterocycles. The molecule has 0 fully saturated rings. The van der Waals surface area contributed by atoms with Crippen LogP contribution in [0, 0.1) is 6.92 Å². The zero-order valence-corrected chi connectivity index (χ0v) is 27.1. The second-order valence-electron chi connectivity index (χ2n) is 10.8. The Bertz CT molecular complexity index is 1750. The standard InChI is InChI=1S/C32H37N7O6S/c1-22-11-17-26(18-12-22)46(43,44)39(5)31-35-29(34-30(36-31)38(4)20-19-23-9-7-6-8-10-23)33-27(28(40)41)21-24-13-15-25(16-14-24)45-32(42)37(2)3/h6-18,27H,19-21H2,1-5H3,(H,40,41)(H,33,34,35,36)/t27-/m0/s1. The molecule has 46 heavy (non-hydrogen) atoms. The van der Waals surface area contributed by atoms with Gasteiger partial charge in [0.25, 0.3) is 10.0 Å². The molecule has 2 N–H and O–H groups in total. The number of carboxylic acid groups (broad SMARTS) is 1. The molecule has 1 atom stereocenters. The second kappa shape index (κ2) is 14.7. The number of hydrogen-bond acceptors (Lipinski definition) is 10. The lowest BCUT2D eigenvalue weighted by Crippen LogP contribution is -2.34. The van der Waals surface area contributed by atoms with Gasteiger partial charge >= 0.3 is 12.1 Å². The van der Waals surface area contributed by atoms with Gasteiger partial charge in [-0.3, -0.25) is 0 Å². The van der Waals surface area contributed by atoms with E-state index in [0.29, 0.717) is 24.3 Å². The van der Waals surface area contributed by atoms with Crippen LogP contribution in [0.25, 0.3) is 0 Å². The molecule has 0 aliphatic carbocycles. The Balaban J connectivity index is 1.63. The summed E-state index contributed by atoms with van der Waals surface area (Å²) in [6.45, 7) is 2.35. The minimum Gasteiger partial charge on any atom is -0.480 e. The Hall–Kier alpha value is -5.24. The van der Waals surface area contributed by atoms with E-state index in [1.807, 2.05) is 37.3 Å². The van der Waals surface area contributed by atoms with E-state index in [1.165, 1.54) is 24.1 Å². The minimum absolute atomic E-state index is 0.0228. The van der Waals surface area contributed by atoms with Crippen molar-refractivity contribution < 1.29 is 27.9 Å². The Morgan fingerprint density at radius 3 is 2.09 bits per heavy atom. The van der Waals surface area contributed by atoms with Crippen LogP contribution in [0.3, 0.4) is 0 Å². The van der Waals surface area contributed by atoms with Gasteiger partial charge in [-0.05, 0) is 48.7 Å². The van der Waals surface area contributed by atoms with Crippen molar-refractivity contribution in [2.45, 2.75) is 30.7 Å². The molecule has 242 valence electrons. The smallest absolute Gasteiger partial charge is 0.414 e. The number of nitrogens with one attached hydrogen (secondary N) is 1. The lowest BCUT2D eigenvalue weighted by Gasteiger charge is -2.23. The molecule has 4 rings (SSSR count). The number of aliphatic carboxylic acids is 1. The summed E-state index contributed by atoms with van der Waals surface area (Å²) in [5.41, 5.74) is 2.63. The Morgan fingerprint density at radius 1 is 0.848 bits per heavy atom. The summed E-state index contributed by atoms with van der Waals surface area (Å²) in [4.78, 5) is 40.5. The molecule has 3 aromatic carbocycles. The van der Waals surface area contributed by atoms with Crippen molar-refractivity contribution in [1.29, 1.82) is 0 Å². The average Bonchev–Trinajstić information content (AvgIpc) is 3.04. The van der Waals surface area contributed by atoms with Crippen molar-refractivity contribution >= 4 is 39.9 Å². The second-order valence-corrected chi connectivity index (χ2v) is 12.8. The number of sulfonamides is 1. The maximum Gasteiger partial charge on any atom is 0.414 e. The molecule has 13 nitrogen and oxygen atoms in total. The van der Waals surface area contributed by atoms with Crippen molar-refractivity contribution in [3.05, 3.63) is 95.6 Å². The van der Waals surface area contributed by atoms with E-state index >= 15 is 0 Å². The summed E-state index contributed by atoms with van der Waals surface area (Å²) in [6.07, 6.45) is 0.146. The van der Waals surface area contributed by atoms with E-state index in [9.17, 15) is 23.1 Å². The van der Waals surface area contributed by atoms with Crippen LogP contribution in [0.2, 0.25) is 0 Å². The highest BCUT2D eigenvalue weighted by atomic mass is 32.2. The number of aryl methyl sites for hydroxylation is 1. The predicted octanol–water partition coefficient (Wildman–Crippen LogP) is 3.85. The zero-order chi connectivity index (χ0) is 33.4. The summed E-state index contributed by atoms with van der Waals surface area (Å²) in [5.74, 6) is -1.00. The number of ether oxygens (including phenoxy) is 1. The molecule has 0 aliphatic heterocycles. The summed E-state index contributed by atoms with van der Waals surface area (Å²) in [6, 6.07) is 21.5. The molecule has 4 aromatic rings. The first kappa shape index (κ1) is 33.6. The van der Waals surface area contributed by atoms with Crippen molar-refractivity contribution in [2.24, 2.45) is 0 Å². The first-order valence-electron chi connectivity index (χ1n) is 14.4. The van der Waals surface area contributed by atoms with Gasteiger partial charge in [-0.2, -0.15) is 15.0 Å². The molecular weight excluding hydrogens is 610 g/mol. The van der Waals surface area contributed by atoms with Crippen LogP contribution >= 0.6 is 0 Å². The Kier molecular flexibility index (Phi) is 10.7. The molecule has 14 heteroatoms. The van der Waals surface area contributed by atoms with Gasteiger partial charge < -0.3 is 25.0 Å². The number of carboxylic acids is 1. The molecule has 0 unspecified atom stereocenters. The van der Waals surface area contributed by atoms with E-state index in [2.05, 4.69) is 20.3 Å². The number of amides is 1. The van der Waals surface area contributed by atoms with Crippen LogP contribution in [0.5, 0.6) is 5.75 Å². The Morgan fingerprint density at radius 2 is 1.48 bits per heavy atom. The van der Waals surface area contributed by atoms with Crippen LogP contribution in [-0.2, 0) is 27.7 Å². The summed E-state index contributed by atoms with van der Waals surface area (Å²) in [5, 5.41) is 12.9. The fourth-order valence-electron chi connectivity index (χ4n) is 4.22. The number of carbonyl (C=O) groups is 2. The Labute approximate surface area is 268 Å². The average molecular weight is 648 g/mol. The number of likely N-dealkylation sites (N-methyl/N-ethyl adjacent to an activating group) is 1. The molecule has 0 bridgehead atoms. The number of rotatable bonds is 13. The van der Waals surface area contributed by atoms with Gasteiger partial charge in [-0.15, -0.1) is 0 Å². The third kappa shape index (κ3) is 8.69. The number of benzene rings is 3. The van der Waals surface area contributed by atoms with E-state index in [0.717, 1.165) is 15.4 Å². The van der Waals surface area contributed by atoms with Crippen LogP contribution in [0.15, 0.2) is 83.8 Å². The highest BCUT2D eigenvalue weighted by Gasteiger charge is 2.27. The predicted molar refractivity (Wildman–Crippen MR) is 175 cm³/mol. The largest absolute Gasteiger partial charge is 0.480 e. The summed E-state index contributed by atoms with van der Waals surface area (Å²) in [7, 11) is 2.17. The normalized spacial score (nSPS) is 11.8. The number of anilines is 3. The van der Waals surface area contributed by atoms with Gasteiger partial charge in [0.05, 0.1) is 4.90 Å². The number of hydrogen-bond donors (Lipinski definition) is 2. The fourth-order valence-corrected chi connectivity index (χ4v) is 5.32. The van der Waals surface area contributed by atoms with Crippen molar-refractivity contribution in [3.63, 3.8) is 0 Å². The topological polar surface area (TPSA) is 158 Å². The molecule has 0 radical (unpaired) electrons. The van der Waals surface area contributed by atoms with Crippen LogP contribution in [-0.4, -0.2) is 86.2 Å². The van der Waals surface area contributed by atoms with E-state index in [-0.39, 0.29) is 29.2 Å². The van der Waals surface area contributed by atoms with E-state index in [4.69, 9.17) is 4.74 Å². The van der Waals surface area contributed by atoms with Crippen molar-refractivity contribution in [3.8, 4) is 5.75 Å². The highest BCUT2D eigenvalue weighted by Crippen LogP contribution is 2.23. The van der Waals surface area contributed by atoms with Gasteiger partial charge in [0.2, 0.25) is 17.8 Å². The van der Waals surface area contributed by atoms with Gasteiger partial charge in [0.15, 0.2) is 0 Å². The maximum absolute atomic E-state index is 13.5. The lowest BCUT2D eigenvalue weighted by molar-refractivity contribution is -0.137. The molecule has 0 aliphatic rings. The van der Waals surface area contributed by atoms with Crippen molar-refractivity contribution in [1.82, 2.24) is 19.9 Å². The summed E-state index contributed by atoms with van der Waals surface area (Å²) >= 11 is 0. The van der Waals surface area contributed by atoms with Crippen LogP contribution in [0.1, 0.15) is 16.7 Å². The minimum atomic E-state index is -4.06. The molecular formula is C32H37N7O6S. The number of carbonyl (C=O) groups excluding carboxylic acids is 1. The third-order valence-electron chi connectivity index (χ3n) is 7.03. The van der Waals surface area contributed by atoms with Gasteiger partial charge in [0, 0.05) is 41.2 Å². The monoisotopic (exact) mass is 647 g/mol. The van der Waals surface area contributed by atoms with Crippen LogP contribution < -0.4 is 19.3 Å². The number of aromatic nitrogens is 3. The third-order valence-corrected chi connectivity index (χ3v) is 8.78. The molecule has 0 saturated heterocycles. The highest BCUT2D eigenvalue weighted by molar-refractivity contribution is 7.92. The van der Waals surface area contributed by atoms with Gasteiger partial charge in [0.1, 0.15) is 11.8 Å². The number of nitrogens with zero attached hydrogens (tertiary/aromatic N) is 6. The van der Waals surface area contributed by atoms with Crippen LogP contribution in [0.4, 0.5) is 22.6 Å². The fraction of sp³-hybridized carbons (Fsp3) is 0.281. The summed E-state index contributed by atoms with van der Waals surface area (Å²) < 4.78 is 33.2. The first-order chi connectivity index (χ1) is 21.8. The zero-order valence-electron chi connectivity index (χ0n) is 26.3. The first-order valence-corrected chi connectivity index (χ1v) is 15.8. The van der Waals surface area contributed by atoms with E-state index in [1.54, 1.807) is 62.4 Å². The molecule has 0 saturated carbocycles.